The van der Waals surface area contributed by atoms with Crippen molar-refractivity contribution in [3.8, 4) is 0 Å². The topological polar surface area (TPSA) is 61.5 Å². The highest BCUT2D eigenvalue weighted by Crippen LogP contribution is 2.10. The second-order valence-corrected chi connectivity index (χ2v) is 6.98. The molecule has 110 valence electrons. The number of hydrogen-bond acceptors (Lipinski definition) is 5. The molecule has 0 aromatic heterocycles. The normalized spacial score (nSPS) is 14.6. The van der Waals surface area contributed by atoms with E-state index in [2.05, 4.69) is 22.4 Å². The fourth-order valence-corrected chi connectivity index (χ4v) is 2.36. The minimum absolute atomic E-state index is 0.357. The molecule has 1 unspecified atom stereocenters. The van der Waals surface area contributed by atoms with E-state index in [0.29, 0.717) is 6.61 Å². The third-order valence-corrected chi connectivity index (χ3v) is 4.06. The lowest BCUT2D eigenvalue weighted by atomic mass is 10.1. The molecule has 0 fully saturated rings. The molecule has 1 atom stereocenters. The summed E-state index contributed by atoms with van der Waals surface area (Å²) < 4.78 is 20.0. The Bertz CT molecular complexity index is 268. The van der Waals surface area contributed by atoms with E-state index in [9.17, 15) is 4.21 Å². The molecule has 0 bridgehead atoms. The van der Waals surface area contributed by atoms with E-state index in [-0.39, 0.29) is 0 Å². The quantitative estimate of drug-likeness (QED) is 0.417. The third-order valence-electron chi connectivity index (χ3n) is 2.84. The van der Waals surface area contributed by atoms with Crippen LogP contribution in [0.2, 0.25) is 0 Å². The van der Waals surface area contributed by atoms with Gasteiger partial charge in [0, 0.05) is 11.2 Å². The summed E-state index contributed by atoms with van der Waals surface area (Å²) in [5.74, 6) is 4.73. The van der Waals surface area contributed by atoms with Gasteiger partial charge in [0.15, 0.2) is 0 Å². The molecule has 0 aliphatic rings. The van der Waals surface area contributed by atoms with Crippen molar-refractivity contribution < 1.29 is 12.7 Å². The summed E-state index contributed by atoms with van der Waals surface area (Å²) in [5.41, 5.74) is 0. The number of unbranched alkanes of at least 4 members (excludes halogenated alkanes) is 9. The molecule has 0 aromatic rings. The second kappa shape index (κ2) is 12.3. The van der Waals surface area contributed by atoms with Crippen LogP contribution in [-0.2, 0) is 28.7 Å². The van der Waals surface area contributed by atoms with E-state index in [1.54, 1.807) is 0 Å². The maximum atomic E-state index is 11.1. The van der Waals surface area contributed by atoms with Crippen LogP contribution in [0.25, 0.3) is 0 Å². The Kier molecular flexibility index (Phi) is 12.5. The van der Waals surface area contributed by atoms with Crippen LogP contribution in [0, 0.1) is 0 Å². The largest absolute Gasteiger partial charge is 0.285 e. The second-order valence-electron chi connectivity index (χ2n) is 4.51. The molecule has 0 spiro atoms. The zero-order valence-electron chi connectivity index (χ0n) is 11.4. The van der Waals surface area contributed by atoms with Crippen LogP contribution in [-0.4, -0.2) is 10.8 Å². The van der Waals surface area contributed by atoms with Crippen LogP contribution < -0.4 is 5.90 Å². The Morgan fingerprint density at radius 3 is 1.83 bits per heavy atom. The zero-order chi connectivity index (χ0) is 13.7. The number of rotatable bonds is 13. The van der Waals surface area contributed by atoms with Crippen molar-refractivity contribution in [2.24, 2.45) is 5.90 Å². The van der Waals surface area contributed by atoms with E-state index < -0.39 is 9.05 Å². The van der Waals surface area contributed by atoms with Crippen molar-refractivity contribution >= 4 is 20.2 Å². The minimum Gasteiger partial charge on any atom is -0.268 e. The smallest absolute Gasteiger partial charge is 0.268 e. The van der Waals surface area contributed by atoms with Gasteiger partial charge in [-0.05, 0) is 6.42 Å². The predicted molar refractivity (Wildman–Crippen MR) is 78.6 cm³/mol. The van der Waals surface area contributed by atoms with Gasteiger partial charge >= 0.3 is 0 Å². The third kappa shape index (κ3) is 12.7. The van der Waals surface area contributed by atoms with Gasteiger partial charge in [-0.2, -0.15) is 14.4 Å². The summed E-state index contributed by atoms with van der Waals surface area (Å²) in [6, 6.07) is 0. The van der Waals surface area contributed by atoms with E-state index in [1.165, 1.54) is 51.4 Å². The van der Waals surface area contributed by atoms with Gasteiger partial charge in [-0.1, -0.05) is 64.7 Å². The highest BCUT2D eigenvalue weighted by molar-refractivity contribution is 8.27. The molecule has 0 amide bonds. The molecular weight excluding hydrogens is 270 g/mol. The van der Waals surface area contributed by atoms with Crippen molar-refractivity contribution in [3.63, 3.8) is 0 Å². The van der Waals surface area contributed by atoms with E-state index in [0.717, 1.165) is 12.8 Å². The van der Waals surface area contributed by atoms with Crippen molar-refractivity contribution in [2.75, 3.05) is 6.61 Å². The van der Waals surface area contributed by atoms with E-state index in [4.69, 9.17) is 10.1 Å². The molecule has 0 aliphatic heterocycles. The van der Waals surface area contributed by atoms with Crippen molar-refractivity contribution in [1.29, 1.82) is 0 Å². The standard InChI is InChI=1S/C12H27NO3S2/c1-2-3-4-5-6-7-8-9-10-11-12-15-18(14,17)16-13/h2-13H2,1H3. The van der Waals surface area contributed by atoms with Gasteiger partial charge in [-0.15, -0.1) is 0 Å². The first-order valence-corrected chi connectivity index (χ1v) is 9.23. The summed E-state index contributed by atoms with van der Waals surface area (Å²) >= 11 is 4.47. The maximum absolute atomic E-state index is 11.1. The monoisotopic (exact) mass is 297 g/mol. The van der Waals surface area contributed by atoms with Gasteiger partial charge in [-0.3, -0.25) is 4.18 Å². The van der Waals surface area contributed by atoms with Gasteiger partial charge in [0.05, 0.1) is 6.61 Å². The number of nitrogens with two attached hydrogens (primary N) is 1. The maximum Gasteiger partial charge on any atom is 0.285 e. The molecule has 6 heteroatoms. The van der Waals surface area contributed by atoms with Crippen LogP contribution in [0.3, 0.4) is 0 Å². The first kappa shape index (κ1) is 18.2. The van der Waals surface area contributed by atoms with Gasteiger partial charge < -0.3 is 0 Å². The lowest BCUT2D eigenvalue weighted by Crippen LogP contribution is -2.13. The molecule has 4 nitrogen and oxygen atoms in total. The summed E-state index contributed by atoms with van der Waals surface area (Å²) in [4.78, 5) is 0. The molecule has 0 saturated heterocycles. The Morgan fingerprint density at radius 1 is 0.944 bits per heavy atom. The molecule has 0 aromatic carbocycles. The van der Waals surface area contributed by atoms with E-state index >= 15 is 0 Å². The fourth-order valence-electron chi connectivity index (χ4n) is 1.78. The van der Waals surface area contributed by atoms with Crippen molar-refractivity contribution in [3.05, 3.63) is 0 Å². The van der Waals surface area contributed by atoms with Crippen LogP contribution in [0.4, 0.5) is 0 Å². The van der Waals surface area contributed by atoms with Gasteiger partial charge in [0.25, 0.3) is 9.05 Å². The molecule has 0 aliphatic carbocycles. The summed E-state index contributed by atoms with van der Waals surface area (Å²) in [5, 5.41) is 0. The van der Waals surface area contributed by atoms with Gasteiger partial charge in [-0.25, -0.2) is 0 Å². The number of hydrogen-bond donors (Lipinski definition) is 1. The molecule has 18 heavy (non-hydrogen) atoms. The molecule has 2 N–H and O–H groups in total. The lowest BCUT2D eigenvalue weighted by molar-refractivity contribution is 0.247. The van der Waals surface area contributed by atoms with Crippen LogP contribution in [0.15, 0.2) is 0 Å². The Hall–Kier alpha value is 0.250. The van der Waals surface area contributed by atoms with Crippen LogP contribution in [0.1, 0.15) is 71.1 Å². The molecule has 0 radical (unpaired) electrons. The molecule has 0 rings (SSSR count). The minimum atomic E-state index is -3.12. The Balaban J connectivity index is 3.12. The van der Waals surface area contributed by atoms with Gasteiger partial charge in [0.2, 0.25) is 0 Å². The summed E-state index contributed by atoms with van der Waals surface area (Å²) in [6.45, 7) is 2.59. The average Bonchev–Trinajstić information content (AvgIpc) is 2.36. The van der Waals surface area contributed by atoms with Crippen LogP contribution in [0.5, 0.6) is 0 Å². The lowest BCUT2D eigenvalue weighted by Gasteiger charge is -2.05. The first-order valence-electron chi connectivity index (χ1n) is 6.90. The van der Waals surface area contributed by atoms with Crippen molar-refractivity contribution in [1.82, 2.24) is 0 Å². The van der Waals surface area contributed by atoms with Crippen molar-refractivity contribution in [2.45, 2.75) is 71.1 Å². The molecule has 0 saturated carbocycles. The van der Waals surface area contributed by atoms with Gasteiger partial charge in [0.1, 0.15) is 0 Å². The highest BCUT2D eigenvalue weighted by Gasteiger charge is 2.03. The zero-order valence-corrected chi connectivity index (χ0v) is 13.0. The molecule has 0 heterocycles. The Morgan fingerprint density at radius 2 is 1.39 bits per heavy atom. The van der Waals surface area contributed by atoms with E-state index in [1.807, 2.05) is 0 Å². The average molecular weight is 297 g/mol. The van der Waals surface area contributed by atoms with Crippen LogP contribution >= 0.6 is 0 Å². The summed E-state index contributed by atoms with van der Waals surface area (Å²) in [7, 11) is -3.12. The Labute approximate surface area is 117 Å². The predicted octanol–water partition coefficient (Wildman–Crippen LogP) is 3.39. The molecular formula is C12H27NO3S2. The first-order chi connectivity index (χ1) is 8.62. The fraction of sp³-hybridized carbons (Fsp3) is 1.00. The highest BCUT2D eigenvalue weighted by atomic mass is 32.9. The summed E-state index contributed by atoms with van der Waals surface area (Å²) in [6.07, 6.45) is 12.4. The SMILES string of the molecule is CCCCCCCCCCCCOS(=O)(=S)ON.